The standard InChI is InChI=1S/C25H38O5S/c1-2-3-8-19-14-15-20(31-19)13-11-18(26)12-16-22-21(23(27)17-24(22)28)9-6-4-5-7-10-25(29)30/h4,6,12,14-16,18,21-24,26-28H,2-3,5,7-11,13,17H2,1H3,(H,29,30)/t18?,21-,22-,23?,24?/m1/s1. The zero-order valence-electron chi connectivity index (χ0n) is 18.5. The van der Waals surface area contributed by atoms with Gasteiger partial charge in [0.25, 0.3) is 0 Å². The van der Waals surface area contributed by atoms with Crippen molar-refractivity contribution in [2.75, 3.05) is 0 Å². The quantitative estimate of drug-likeness (QED) is 0.247. The highest BCUT2D eigenvalue weighted by Crippen LogP contribution is 2.36. The molecule has 3 unspecified atom stereocenters. The maximum absolute atomic E-state index is 10.5. The molecule has 2 rings (SSSR count). The molecule has 0 radical (unpaired) electrons. The third kappa shape index (κ3) is 9.27. The van der Waals surface area contributed by atoms with E-state index in [-0.39, 0.29) is 18.3 Å². The molecule has 31 heavy (non-hydrogen) atoms. The molecule has 1 aliphatic carbocycles. The van der Waals surface area contributed by atoms with Crippen molar-refractivity contribution in [1.29, 1.82) is 0 Å². The normalized spacial score (nSPS) is 25.0. The van der Waals surface area contributed by atoms with E-state index in [9.17, 15) is 20.1 Å². The Morgan fingerprint density at radius 1 is 1.16 bits per heavy atom. The average Bonchev–Trinajstić information content (AvgIpc) is 3.29. The zero-order valence-corrected chi connectivity index (χ0v) is 19.3. The summed E-state index contributed by atoms with van der Waals surface area (Å²) >= 11 is 1.83. The summed E-state index contributed by atoms with van der Waals surface area (Å²) in [6.45, 7) is 2.20. The molecule has 1 saturated carbocycles. The van der Waals surface area contributed by atoms with E-state index in [2.05, 4.69) is 19.1 Å². The number of carbonyl (C=O) groups is 1. The predicted octanol–water partition coefficient (Wildman–Crippen LogP) is 4.50. The highest BCUT2D eigenvalue weighted by atomic mass is 32.1. The summed E-state index contributed by atoms with van der Waals surface area (Å²) < 4.78 is 0. The molecule has 174 valence electrons. The van der Waals surface area contributed by atoms with Crippen molar-refractivity contribution in [2.24, 2.45) is 11.8 Å². The van der Waals surface area contributed by atoms with Crippen molar-refractivity contribution in [1.82, 2.24) is 0 Å². The summed E-state index contributed by atoms with van der Waals surface area (Å²) in [5, 5.41) is 39.7. The van der Waals surface area contributed by atoms with Gasteiger partial charge < -0.3 is 20.4 Å². The number of aliphatic hydroxyl groups excluding tert-OH is 3. The summed E-state index contributed by atoms with van der Waals surface area (Å²) in [7, 11) is 0. The Morgan fingerprint density at radius 3 is 2.61 bits per heavy atom. The number of hydrogen-bond donors (Lipinski definition) is 4. The lowest BCUT2D eigenvalue weighted by atomic mass is 9.89. The molecule has 0 aliphatic heterocycles. The number of rotatable bonds is 14. The van der Waals surface area contributed by atoms with Crippen molar-refractivity contribution in [3.8, 4) is 0 Å². The Hall–Kier alpha value is -1.47. The molecule has 5 atom stereocenters. The molecule has 1 heterocycles. The van der Waals surface area contributed by atoms with Crippen LogP contribution in [0.25, 0.3) is 0 Å². The minimum atomic E-state index is -0.789. The Labute approximate surface area is 190 Å². The molecule has 5 nitrogen and oxygen atoms in total. The summed E-state index contributed by atoms with van der Waals surface area (Å²) in [5.74, 6) is -1.06. The lowest BCUT2D eigenvalue weighted by molar-refractivity contribution is -0.137. The lowest BCUT2D eigenvalue weighted by Crippen LogP contribution is -2.20. The predicted molar refractivity (Wildman–Crippen MR) is 125 cm³/mol. The molecule has 6 heteroatoms. The topological polar surface area (TPSA) is 98.0 Å². The minimum Gasteiger partial charge on any atom is -0.481 e. The maximum Gasteiger partial charge on any atom is 0.303 e. The number of carboxylic acid groups (broad SMARTS) is 1. The summed E-state index contributed by atoms with van der Waals surface area (Å²) in [5.41, 5.74) is 0. The van der Waals surface area contributed by atoms with Crippen LogP contribution in [0.4, 0.5) is 0 Å². The van der Waals surface area contributed by atoms with E-state index in [1.54, 1.807) is 6.08 Å². The van der Waals surface area contributed by atoms with E-state index in [1.807, 2.05) is 29.6 Å². The van der Waals surface area contributed by atoms with Crippen molar-refractivity contribution in [3.05, 3.63) is 46.2 Å². The highest BCUT2D eigenvalue weighted by molar-refractivity contribution is 7.11. The third-order valence-electron chi connectivity index (χ3n) is 5.99. The molecule has 0 spiro atoms. The first-order chi connectivity index (χ1) is 14.9. The molecule has 1 aromatic heterocycles. The van der Waals surface area contributed by atoms with E-state index >= 15 is 0 Å². The molecule has 0 saturated heterocycles. The lowest BCUT2D eigenvalue weighted by Gasteiger charge is -2.19. The molecule has 1 aliphatic rings. The average molecular weight is 451 g/mol. The van der Waals surface area contributed by atoms with Crippen LogP contribution >= 0.6 is 11.3 Å². The van der Waals surface area contributed by atoms with Crippen molar-refractivity contribution >= 4 is 17.3 Å². The minimum absolute atomic E-state index is 0.0902. The molecule has 1 aromatic rings. The van der Waals surface area contributed by atoms with Crippen LogP contribution in [0.2, 0.25) is 0 Å². The van der Waals surface area contributed by atoms with E-state index in [1.165, 1.54) is 22.6 Å². The van der Waals surface area contributed by atoms with Gasteiger partial charge in [-0.05, 0) is 63.0 Å². The molecule has 0 aromatic carbocycles. The number of carboxylic acids is 1. The van der Waals surface area contributed by atoms with Crippen LogP contribution < -0.4 is 0 Å². The van der Waals surface area contributed by atoms with Gasteiger partial charge in [-0.2, -0.15) is 0 Å². The fourth-order valence-electron chi connectivity index (χ4n) is 4.13. The number of allylic oxidation sites excluding steroid dienone is 2. The van der Waals surface area contributed by atoms with Gasteiger partial charge >= 0.3 is 5.97 Å². The molecule has 0 amide bonds. The van der Waals surface area contributed by atoms with Gasteiger partial charge in [-0.3, -0.25) is 4.79 Å². The number of unbranched alkanes of at least 4 members (excludes halogenated alkanes) is 2. The van der Waals surface area contributed by atoms with Crippen LogP contribution in [-0.2, 0) is 17.6 Å². The maximum atomic E-state index is 10.5. The number of aryl methyl sites for hydroxylation is 2. The number of aliphatic hydroxyl groups is 3. The van der Waals surface area contributed by atoms with Gasteiger partial charge in [0, 0.05) is 28.5 Å². The Bertz CT molecular complexity index is 711. The smallest absolute Gasteiger partial charge is 0.303 e. The first kappa shape index (κ1) is 25.8. The van der Waals surface area contributed by atoms with Gasteiger partial charge in [-0.15, -0.1) is 11.3 Å². The zero-order chi connectivity index (χ0) is 22.6. The van der Waals surface area contributed by atoms with Crippen molar-refractivity contribution in [2.45, 2.75) is 89.4 Å². The van der Waals surface area contributed by atoms with Gasteiger partial charge in [-0.1, -0.05) is 37.6 Å². The van der Waals surface area contributed by atoms with Crippen LogP contribution in [0.1, 0.15) is 68.0 Å². The molecular weight excluding hydrogens is 412 g/mol. The van der Waals surface area contributed by atoms with Gasteiger partial charge in [0.05, 0.1) is 18.3 Å². The Morgan fingerprint density at radius 2 is 1.90 bits per heavy atom. The SMILES string of the molecule is CCCCc1ccc(CCC(O)C=C[C@H]2C(O)CC(O)[C@@H]2CC=CCCCC(=O)O)s1. The Kier molecular flexibility index (Phi) is 11.5. The summed E-state index contributed by atoms with van der Waals surface area (Å²) in [6, 6.07) is 4.34. The third-order valence-corrected chi connectivity index (χ3v) is 7.19. The van der Waals surface area contributed by atoms with Crippen molar-refractivity contribution in [3.63, 3.8) is 0 Å². The molecule has 1 fully saturated rings. The first-order valence-corrected chi connectivity index (χ1v) is 12.4. The first-order valence-electron chi connectivity index (χ1n) is 11.6. The van der Waals surface area contributed by atoms with Gasteiger partial charge in [-0.25, -0.2) is 0 Å². The van der Waals surface area contributed by atoms with E-state index in [0.29, 0.717) is 32.1 Å². The number of aliphatic carboxylic acids is 1. The molecule has 0 bridgehead atoms. The van der Waals surface area contributed by atoms with Crippen LogP contribution in [-0.4, -0.2) is 44.7 Å². The van der Waals surface area contributed by atoms with E-state index < -0.39 is 24.3 Å². The van der Waals surface area contributed by atoms with Gasteiger partial charge in [0.1, 0.15) is 0 Å². The summed E-state index contributed by atoms with van der Waals surface area (Å²) in [4.78, 5) is 13.2. The van der Waals surface area contributed by atoms with Gasteiger partial charge in [0.15, 0.2) is 0 Å². The second-order valence-electron chi connectivity index (χ2n) is 8.57. The van der Waals surface area contributed by atoms with Crippen LogP contribution in [0.15, 0.2) is 36.4 Å². The fraction of sp³-hybridized carbons (Fsp3) is 0.640. The fourth-order valence-corrected chi connectivity index (χ4v) is 5.21. The molecule has 4 N–H and O–H groups in total. The van der Waals surface area contributed by atoms with Gasteiger partial charge in [0.2, 0.25) is 0 Å². The van der Waals surface area contributed by atoms with Crippen LogP contribution in [0, 0.1) is 11.8 Å². The summed E-state index contributed by atoms with van der Waals surface area (Å²) in [6.07, 6.45) is 13.2. The number of thiophene rings is 1. The second kappa shape index (κ2) is 13.8. The van der Waals surface area contributed by atoms with Crippen LogP contribution in [0.3, 0.4) is 0 Å². The largest absolute Gasteiger partial charge is 0.481 e. The highest BCUT2D eigenvalue weighted by Gasteiger charge is 2.39. The Balaban J connectivity index is 1.80. The number of hydrogen-bond acceptors (Lipinski definition) is 5. The molecular formula is C25H38O5S. The van der Waals surface area contributed by atoms with Crippen molar-refractivity contribution < 1.29 is 25.2 Å². The monoisotopic (exact) mass is 450 g/mol. The van der Waals surface area contributed by atoms with E-state index in [0.717, 1.165) is 12.8 Å². The van der Waals surface area contributed by atoms with Crippen LogP contribution in [0.5, 0.6) is 0 Å². The second-order valence-corrected chi connectivity index (χ2v) is 9.82. The van der Waals surface area contributed by atoms with E-state index in [4.69, 9.17) is 5.11 Å².